The van der Waals surface area contributed by atoms with Crippen molar-refractivity contribution in [3.05, 3.63) is 35.4 Å². The maximum absolute atomic E-state index is 11.8. The molecule has 1 amide bonds. The number of amides is 1. The Kier molecular flexibility index (Phi) is 5.35. The van der Waals surface area contributed by atoms with Gasteiger partial charge in [0.25, 0.3) is 0 Å². The molecule has 0 heterocycles. The first-order valence-electron chi connectivity index (χ1n) is 8.46. The van der Waals surface area contributed by atoms with Gasteiger partial charge in [0, 0.05) is 18.6 Å². The summed E-state index contributed by atoms with van der Waals surface area (Å²) in [4.78, 5) is 11.8. The second-order valence-electron chi connectivity index (χ2n) is 8.07. The number of rotatable bonds is 6. The fraction of sp³-hybridized carbons (Fsp3) is 0.632. The summed E-state index contributed by atoms with van der Waals surface area (Å²) < 4.78 is 5.28. The molecule has 23 heavy (non-hydrogen) atoms. The number of nitrogens with one attached hydrogen (secondary N) is 2. The van der Waals surface area contributed by atoms with Crippen LogP contribution in [0.25, 0.3) is 0 Å². The molecule has 0 radical (unpaired) electrons. The van der Waals surface area contributed by atoms with Crippen LogP contribution in [0.1, 0.15) is 64.5 Å². The molecule has 2 rings (SSSR count). The molecule has 0 bridgehead atoms. The molecule has 0 unspecified atom stereocenters. The van der Waals surface area contributed by atoms with Crippen molar-refractivity contribution in [3.63, 3.8) is 0 Å². The molecule has 1 aliphatic rings. The third kappa shape index (κ3) is 6.22. The van der Waals surface area contributed by atoms with E-state index in [1.54, 1.807) is 0 Å². The predicted octanol–water partition coefficient (Wildman–Crippen LogP) is 3.96. The van der Waals surface area contributed by atoms with E-state index in [1.807, 2.05) is 20.8 Å². The summed E-state index contributed by atoms with van der Waals surface area (Å²) in [6.45, 7) is 11.1. The standard InChI is InChI=1S/C19H30N2O2/c1-18(2,3)23-17(22)20-13-19(4,5)21-12-15-8-6-7-9-16(15)14-10-11-14/h6-9,14,21H,10-13H2,1-5H3,(H,20,22). The van der Waals surface area contributed by atoms with E-state index < -0.39 is 5.60 Å². The molecule has 128 valence electrons. The topological polar surface area (TPSA) is 50.4 Å². The second-order valence-corrected chi connectivity index (χ2v) is 8.07. The lowest BCUT2D eigenvalue weighted by atomic mass is 10.0. The van der Waals surface area contributed by atoms with Gasteiger partial charge in [0.2, 0.25) is 0 Å². The normalized spacial score (nSPS) is 15.3. The number of alkyl carbamates (subject to hydrolysis) is 1. The molecule has 0 saturated heterocycles. The molecule has 1 aromatic rings. The number of ether oxygens (including phenoxy) is 1. The quantitative estimate of drug-likeness (QED) is 0.835. The minimum atomic E-state index is -0.467. The Morgan fingerprint density at radius 3 is 2.43 bits per heavy atom. The highest BCUT2D eigenvalue weighted by Gasteiger charge is 2.26. The molecule has 1 saturated carbocycles. The first-order valence-corrected chi connectivity index (χ1v) is 8.46. The summed E-state index contributed by atoms with van der Waals surface area (Å²) in [6, 6.07) is 8.64. The van der Waals surface area contributed by atoms with Gasteiger partial charge in [-0.3, -0.25) is 0 Å². The van der Waals surface area contributed by atoms with E-state index in [1.165, 1.54) is 24.0 Å². The average molecular weight is 318 g/mol. The highest BCUT2D eigenvalue weighted by Crippen LogP contribution is 2.41. The molecular weight excluding hydrogens is 288 g/mol. The average Bonchev–Trinajstić information content (AvgIpc) is 3.26. The molecule has 4 heteroatoms. The summed E-state index contributed by atoms with van der Waals surface area (Å²) in [7, 11) is 0. The molecule has 0 atom stereocenters. The van der Waals surface area contributed by atoms with Gasteiger partial charge in [0.15, 0.2) is 0 Å². The largest absolute Gasteiger partial charge is 0.444 e. The van der Waals surface area contributed by atoms with E-state index in [0.29, 0.717) is 6.54 Å². The molecular formula is C19H30N2O2. The minimum absolute atomic E-state index is 0.201. The highest BCUT2D eigenvalue weighted by atomic mass is 16.6. The summed E-state index contributed by atoms with van der Waals surface area (Å²) in [5.74, 6) is 0.746. The van der Waals surface area contributed by atoms with Gasteiger partial charge < -0.3 is 15.4 Å². The van der Waals surface area contributed by atoms with E-state index >= 15 is 0 Å². The molecule has 1 aromatic carbocycles. The lowest BCUT2D eigenvalue weighted by molar-refractivity contribution is 0.0513. The van der Waals surface area contributed by atoms with E-state index in [4.69, 9.17) is 4.74 Å². The molecule has 0 spiro atoms. The molecule has 2 N–H and O–H groups in total. The van der Waals surface area contributed by atoms with Crippen LogP contribution in [-0.4, -0.2) is 23.8 Å². The second kappa shape index (κ2) is 6.91. The van der Waals surface area contributed by atoms with Crippen molar-refractivity contribution < 1.29 is 9.53 Å². The van der Waals surface area contributed by atoms with Crippen molar-refractivity contribution in [2.24, 2.45) is 0 Å². The Morgan fingerprint density at radius 2 is 1.83 bits per heavy atom. The molecule has 0 aromatic heterocycles. The third-order valence-electron chi connectivity index (χ3n) is 3.90. The number of benzene rings is 1. The van der Waals surface area contributed by atoms with Gasteiger partial charge >= 0.3 is 6.09 Å². The van der Waals surface area contributed by atoms with E-state index in [2.05, 4.69) is 48.7 Å². The first-order chi connectivity index (χ1) is 10.7. The van der Waals surface area contributed by atoms with E-state index in [0.717, 1.165) is 12.5 Å². The smallest absolute Gasteiger partial charge is 0.407 e. The van der Waals surface area contributed by atoms with Crippen LogP contribution >= 0.6 is 0 Å². The Balaban J connectivity index is 1.83. The van der Waals surface area contributed by atoms with Crippen LogP contribution in [-0.2, 0) is 11.3 Å². The van der Waals surface area contributed by atoms with Gasteiger partial charge in [-0.15, -0.1) is 0 Å². The van der Waals surface area contributed by atoms with Crippen molar-refractivity contribution in [2.75, 3.05) is 6.54 Å². The summed E-state index contributed by atoms with van der Waals surface area (Å²) in [6.07, 6.45) is 2.24. The van der Waals surface area contributed by atoms with E-state index in [-0.39, 0.29) is 11.6 Å². The van der Waals surface area contributed by atoms with Gasteiger partial charge in [-0.25, -0.2) is 4.79 Å². The summed E-state index contributed by atoms with van der Waals surface area (Å²) in [5.41, 5.74) is 2.16. The number of carbonyl (C=O) groups is 1. The number of carbonyl (C=O) groups excluding carboxylic acids is 1. The van der Waals surface area contributed by atoms with E-state index in [9.17, 15) is 4.79 Å². The van der Waals surface area contributed by atoms with Crippen molar-refractivity contribution in [1.29, 1.82) is 0 Å². The number of hydrogen-bond acceptors (Lipinski definition) is 3. The Labute approximate surface area is 140 Å². The zero-order valence-electron chi connectivity index (χ0n) is 15.0. The Hall–Kier alpha value is -1.55. The van der Waals surface area contributed by atoms with Crippen molar-refractivity contribution in [1.82, 2.24) is 10.6 Å². The fourth-order valence-electron chi connectivity index (χ4n) is 2.49. The van der Waals surface area contributed by atoms with Gasteiger partial charge in [0.1, 0.15) is 5.60 Å². The van der Waals surface area contributed by atoms with Crippen LogP contribution < -0.4 is 10.6 Å². The van der Waals surface area contributed by atoms with Crippen molar-refractivity contribution in [2.45, 2.75) is 71.1 Å². The van der Waals surface area contributed by atoms with Crippen LogP contribution in [0.5, 0.6) is 0 Å². The molecule has 4 nitrogen and oxygen atoms in total. The molecule has 0 aliphatic heterocycles. The molecule has 1 aliphatic carbocycles. The van der Waals surface area contributed by atoms with Gasteiger partial charge in [-0.1, -0.05) is 24.3 Å². The maximum Gasteiger partial charge on any atom is 0.407 e. The SMILES string of the molecule is CC(C)(CNC(=O)OC(C)(C)C)NCc1ccccc1C1CC1. The monoisotopic (exact) mass is 318 g/mol. The zero-order chi connectivity index (χ0) is 17.1. The Morgan fingerprint density at radius 1 is 1.17 bits per heavy atom. The van der Waals surface area contributed by atoms with Gasteiger partial charge in [-0.05, 0) is 64.5 Å². The summed E-state index contributed by atoms with van der Waals surface area (Å²) in [5, 5.41) is 6.39. The first kappa shape index (κ1) is 17.8. The van der Waals surface area contributed by atoms with Crippen LogP contribution in [0.4, 0.5) is 4.79 Å². The van der Waals surface area contributed by atoms with Crippen LogP contribution in [0, 0.1) is 0 Å². The van der Waals surface area contributed by atoms with Gasteiger partial charge in [0.05, 0.1) is 0 Å². The number of hydrogen-bond donors (Lipinski definition) is 2. The van der Waals surface area contributed by atoms with Crippen molar-refractivity contribution >= 4 is 6.09 Å². The van der Waals surface area contributed by atoms with Crippen LogP contribution in [0.2, 0.25) is 0 Å². The molecule has 1 fully saturated rings. The minimum Gasteiger partial charge on any atom is -0.444 e. The fourth-order valence-corrected chi connectivity index (χ4v) is 2.49. The van der Waals surface area contributed by atoms with Crippen molar-refractivity contribution in [3.8, 4) is 0 Å². The lowest BCUT2D eigenvalue weighted by Gasteiger charge is -2.28. The lowest BCUT2D eigenvalue weighted by Crippen LogP contribution is -2.49. The Bertz CT molecular complexity index is 543. The van der Waals surface area contributed by atoms with Crippen LogP contribution in [0.3, 0.4) is 0 Å². The van der Waals surface area contributed by atoms with Crippen LogP contribution in [0.15, 0.2) is 24.3 Å². The van der Waals surface area contributed by atoms with Gasteiger partial charge in [-0.2, -0.15) is 0 Å². The predicted molar refractivity (Wildman–Crippen MR) is 93.6 cm³/mol. The zero-order valence-corrected chi connectivity index (χ0v) is 15.0. The highest BCUT2D eigenvalue weighted by molar-refractivity contribution is 5.67. The maximum atomic E-state index is 11.8. The third-order valence-corrected chi connectivity index (χ3v) is 3.90. The summed E-state index contributed by atoms with van der Waals surface area (Å²) >= 11 is 0.